The Balaban J connectivity index is 2.43. The van der Waals surface area contributed by atoms with E-state index in [4.69, 9.17) is 5.21 Å². The standard InChI is InChI=1S/C15H22N4O2/c1-10-5-6-12-17-11(7-15(2,3)4)14(19(12)9-10)16-8-13(20)18-21/h5-6,9,16,21H,7-8H2,1-4H3,(H,18,20). The first-order chi connectivity index (χ1) is 9.80. The lowest BCUT2D eigenvalue weighted by molar-refractivity contribution is -0.127. The largest absolute Gasteiger partial charge is 0.360 e. The van der Waals surface area contributed by atoms with Crippen molar-refractivity contribution in [1.82, 2.24) is 14.9 Å². The number of carbonyl (C=O) groups is 1. The van der Waals surface area contributed by atoms with E-state index in [0.29, 0.717) is 0 Å². The van der Waals surface area contributed by atoms with E-state index in [9.17, 15) is 4.79 Å². The summed E-state index contributed by atoms with van der Waals surface area (Å²) in [7, 11) is 0. The van der Waals surface area contributed by atoms with Gasteiger partial charge in [-0.1, -0.05) is 26.8 Å². The smallest absolute Gasteiger partial charge is 0.262 e. The van der Waals surface area contributed by atoms with Crippen LogP contribution in [-0.2, 0) is 11.2 Å². The third kappa shape index (κ3) is 3.72. The van der Waals surface area contributed by atoms with Crippen molar-refractivity contribution in [2.75, 3.05) is 11.9 Å². The molecule has 6 nitrogen and oxygen atoms in total. The van der Waals surface area contributed by atoms with Crippen molar-refractivity contribution in [1.29, 1.82) is 0 Å². The maximum Gasteiger partial charge on any atom is 0.262 e. The summed E-state index contributed by atoms with van der Waals surface area (Å²) in [5.41, 5.74) is 4.57. The normalized spacial score (nSPS) is 11.7. The molecule has 2 aromatic heterocycles. The van der Waals surface area contributed by atoms with Crippen molar-refractivity contribution in [2.45, 2.75) is 34.1 Å². The number of hydrogen-bond acceptors (Lipinski definition) is 4. The van der Waals surface area contributed by atoms with E-state index < -0.39 is 5.91 Å². The Morgan fingerprint density at radius 1 is 1.38 bits per heavy atom. The Bertz CT molecular complexity index is 655. The predicted molar refractivity (Wildman–Crippen MR) is 81.5 cm³/mol. The third-order valence-electron chi connectivity index (χ3n) is 3.08. The third-order valence-corrected chi connectivity index (χ3v) is 3.08. The molecule has 2 rings (SSSR count). The van der Waals surface area contributed by atoms with E-state index in [1.807, 2.05) is 29.7 Å². The van der Waals surface area contributed by atoms with E-state index in [2.05, 4.69) is 31.1 Å². The molecule has 0 atom stereocenters. The van der Waals surface area contributed by atoms with Crippen LogP contribution in [0.2, 0.25) is 0 Å². The summed E-state index contributed by atoms with van der Waals surface area (Å²) in [6, 6.07) is 3.96. The highest BCUT2D eigenvalue weighted by Crippen LogP contribution is 2.26. The molecule has 21 heavy (non-hydrogen) atoms. The second-order valence-corrected chi connectivity index (χ2v) is 6.47. The molecule has 0 saturated heterocycles. The van der Waals surface area contributed by atoms with Gasteiger partial charge in [0.15, 0.2) is 0 Å². The molecule has 0 aliphatic rings. The van der Waals surface area contributed by atoms with Gasteiger partial charge in [0.05, 0.1) is 12.2 Å². The maximum absolute atomic E-state index is 11.3. The summed E-state index contributed by atoms with van der Waals surface area (Å²) in [6.45, 7) is 8.44. The van der Waals surface area contributed by atoms with Crippen LogP contribution in [0, 0.1) is 12.3 Å². The van der Waals surface area contributed by atoms with Crippen LogP contribution in [0.3, 0.4) is 0 Å². The molecule has 6 heteroatoms. The molecule has 0 saturated carbocycles. The van der Waals surface area contributed by atoms with Gasteiger partial charge in [-0.25, -0.2) is 10.5 Å². The second-order valence-electron chi connectivity index (χ2n) is 6.47. The summed E-state index contributed by atoms with van der Waals surface area (Å²) in [5, 5.41) is 11.7. The summed E-state index contributed by atoms with van der Waals surface area (Å²) >= 11 is 0. The number of aryl methyl sites for hydroxylation is 1. The van der Waals surface area contributed by atoms with Crippen LogP contribution in [0.5, 0.6) is 0 Å². The number of anilines is 1. The number of hydrogen-bond donors (Lipinski definition) is 3. The van der Waals surface area contributed by atoms with Gasteiger partial charge >= 0.3 is 0 Å². The average molecular weight is 290 g/mol. The fourth-order valence-corrected chi connectivity index (χ4v) is 2.22. The molecule has 0 aliphatic carbocycles. The van der Waals surface area contributed by atoms with E-state index in [1.165, 1.54) is 0 Å². The van der Waals surface area contributed by atoms with Crippen LogP contribution < -0.4 is 10.8 Å². The quantitative estimate of drug-likeness (QED) is 0.595. The maximum atomic E-state index is 11.3. The van der Waals surface area contributed by atoms with Crippen LogP contribution >= 0.6 is 0 Å². The summed E-state index contributed by atoms with van der Waals surface area (Å²) in [5.74, 6) is 0.312. The van der Waals surface area contributed by atoms with Crippen LogP contribution in [0.25, 0.3) is 5.65 Å². The number of carbonyl (C=O) groups excluding carboxylic acids is 1. The number of pyridine rings is 1. The zero-order chi connectivity index (χ0) is 15.6. The molecule has 0 spiro atoms. The number of aromatic nitrogens is 2. The van der Waals surface area contributed by atoms with E-state index >= 15 is 0 Å². The fraction of sp³-hybridized carbons (Fsp3) is 0.467. The molecule has 0 radical (unpaired) electrons. The van der Waals surface area contributed by atoms with Gasteiger partial charge in [-0.15, -0.1) is 0 Å². The van der Waals surface area contributed by atoms with E-state index in [1.54, 1.807) is 5.48 Å². The van der Waals surface area contributed by atoms with Crippen LogP contribution in [0.4, 0.5) is 5.82 Å². The molecule has 2 heterocycles. The molecule has 0 aromatic carbocycles. The number of amides is 1. The van der Waals surface area contributed by atoms with Gasteiger partial charge in [0.2, 0.25) is 0 Å². The van der Waals surface area contributed by atoms with Crippen LogP contribution in [0.15, 0.2) is 18.3 Å². The van der Waals surface area contributed by atoms with E-state index in [-0.39, 0.29) is 12.0 Å². The monoisotopic (exact) mass is 290 g/mol. The Hall–Kier alpha value is -2.08. The minimum Gasteiger partial charge on any atom is -0.360 e. The predicted octanol–water partition coefficient (Wildman–Crippen LogP) is 2.15. The van der Waals surface area contributed by atoms with Crippen LogP contribution in [-0.4, -0.2) is 27.0 Å². The van der Waals surface area contributed by atoms with Crippen molar-refractivity contribution in [3.63, 3.8) is 0 Å². The van der Waals surface area contributed by atoms with Crippen molar-refractivity contribution < 1.29 is 10.0 Å². The average Bonchev–Trinajstić information content (AvgIpc) is 2.70. The van der Waals surface area contributed by atoms with Crippen molar-refractivity contribution in [2.24, 2.45) is 5.41 Å². The fourth-order valence-electron chi connectivity index (χ4n) is 2.22. The van der Waals surface area contributed by atoms with Gasteiger partial charge in [0, 0.05) is 6.20 Å². The van der Waals surface area contributed by atoms with Gasteiger partial charge in [-0.05, 0) is 30.4 Å². The zero-order valence-electron chi connectivity index (χ0n) is 12.9. The molecular weight excluding hydrogens is 268 g/mol. The minimum absolute atomic E-state index is 0.00459. The van der Waals surface area contributed by atoms with Crippen molar-refractivity contribution in [3.8, 4) is 0 Å². The first-order valence-corrected chi connectivity index (χ1v) is 6.94. The van der Waals surface area contributed by atoms with Gasteiger partial charge in [-0.2, -0.15) is 0 Å². The lowest BCUT2D eigenvalue weighted by Crippen LogP contribution is -2.27. The zero-order valence-corrected chi connectivity index (χ0v) is 12.9. The van der Waals surface area contributed by atoms with Crippen LogP contribution in [0.1, 0.15) is 32.0 Å². The first kappa shape index (κ1) is 15.3. The number of fused-ring (bicyclic) bond motifs is 1. The highest BCUT2D eigenvalue weighted by atomic mass is 16.5. The summed E-state index contributed by atoms with van der Waals surface area (Å²) < 4.78 is 1.95. The van der Waals surface area contributed by atoms with Gasteiger partial charge in [-0.3, -0.25) is 14.4 Å². The Morgan fingerprint density at radius 3 is 2.71 bits per heavy atom. The number of nitrogens with one attached hydrogen (secondary N) is 2. The Kier molecular flexibility index (Phi) is 4.18. The molecule has 1 amide bonds. The molecular formula is C15H22N4O2. The molecule has 3 N–H and O–H groups in total. The minimum atomic E-state index is -0.487. The highest BCUT2D eigenvalue weighted by molar-refractivity contribution is 5.79. The summed E-state index contributed by atoms with van der Waals surface area (Å²) in [4.78, 5) is 15.9. The van der Waals surface area contributed by atoms with E-state index in [0.717, 1.165) is 29.1 Å². The van der Waals surface area contributed by atoms with Gasteiger partial charge in [0.25, 0.3) is 5.91 Å². The van der Waals surface area contributed by atoms with Gasteiger partial charge in [0.1, 0.15) is 11.5 Å². The number of imidazole rings is 1. The topological polar surface area (TPSA) is 78.7 Å². The first-order valence-electron chi connectivity index (χ1n) is 6.94. The Morgan fingerprint density at radius 2 is 2.10 bits per heavy atom. The van der Waals surface area contributed by atoms with Crippen molar-refractivity contribution >= 4 is 17.4 Å². The molecule has 0 unspecified atom stereocenters. The number of rotatable bonds is 4. The molecule has 0 aliphatic heterocycles. The van der Waals surface area contributed by atoms with Crippen molar-refractivity contribution in [3.05, 3.63) is 29.6 Å². The van der Waals surface area contributed by atoms with Gasteiger partial charge < -0.3 is 5.32 Å². The molecule has 2 aromatic rings. The summed E-state index contributed by atoms with van der Waals surface area (Å²) in [6.07, 6.45) is 2.77. The Labute approximate surface area is 124 Å². The lowest BCUT2D eigenvalue weighted by atomic mass is 9.90. The SMILES string of the molecule is Cc1ccc2nc(CC(C)(C)C)c(NCC(=O)NO)n2c1. The number of nitrogens with zero attached hydrogens (tertiary/aromatic N) is 2. The molecule has 0 bridgehead atoms. The number of hydroxylamine groups is 1. The second kappa shape index (κ2) is 5.73. The lowest BCUT2D eigenvalue weighted by Gasteiger charge is -2.17. The molecule has 0 fully saturated rings. The highest BCUT2D eigenvalue weighted by Gasteiger charge is 2.19. The molecule has 114 valence electrons.